The third-order valence-corrected chi connectivity index (χ3v) is 4.78. The first-order chi connectivity index (χ1) is 12.0. The summed E-state index contributed by atoms with van der Waals surface area (Å²) in [6.07, 6.45) is 0. The molecule has 0 spiro atoms. The average molecular weight is 383 g/mol. The Bertz CT molecular complexity index is 772. The van der Waals surface area contributed by atoms with E-state index in [1.165, 1.54) is 18.2 Å². The van der Waals surface area contributed by atoms with Crippen LogP contribution in [0.5, 0.6) is 5.75 Å². The summed E-state index contributed by atoms with van der Waals surface area (Å²) >= 11 is 12.1. The van der Waals surface area contributed by atoms with Crippen LogP contribution >= 0.6 is 23.2 Å². The van der Waals surface area contributed by atoms with Gasteiger partial charge in [-0.1, -0.05) is 29.3 Å². The van der Waals surface area contributed by atoms with Crippen LogP contribution in [0, 0.1) is 5.82 Å². The third-order valence-electron chi connectivity index (χ3n) is 4.23. The Balaban J connectivity index is 1.74. The van der Waals surface area contributed by atoms with Gasteiger partial charge in [-0.25, -0.2) is 4.39 Å². The van der Waals surface area contributed by atoms with E-state index in [-0.39, 0.29) is 16.5 Å². The summed E-state index contributed by atoms with van der Waals surface area (Å²) in [6, 6.07) is 9.67. The van der Waals surface area contributed by atoms with Crippen LogP contribution < -0.4 is 9.64 Å². The first-order valence-corrected chi connectivity index (χ1v) is 8.58. The summed E-state index contributed by atoms with van der Waals surface area (Å²) < 4.78 is 19.3. The van der Waals surface area contributed by atoms with Crippen molar-refractivity contribution in [2.24, 2.45) is 0 Å². The first-order valence-electron chi connectivity index (χ1n) is 7.83. The minimum absolute atomic E-state index is 0.0713. The highest BCUT2D eigenvalue weighted by Crippen LogP contribution is 2.32. The zero-order valence-corrected chi connectivity index (χ0v) is 15.1. The largest absolute Gasteiger partial charge is 0.495 e. The number of methoxy groups -OCH3 is 1. The first kappa shape index (κ1) is 17.8. The third kappa shape index (κ3) is 3.67. The number of nitrogens with zero attached hydrogens (tertiary/aromatic N) is 2. The molecule has 4 nitrogen and oxygen atoms in total. The molecule has 0 aliphatic carbocycles. The molecule has 2 aromatic rings. The van der Waals surface area contributed by atoms with Gasteiger partial charge in [0.2, 0.25) is 0 Å². The number of anilines is 1. The Labute approximate surface area is 155 Å². The monoisotopic (exact) mass is 382 g/mol. The van der Waals surface area contributed by atoms with Gasteiger partial charge in [-0.3, -0.25) is 4.79 Å². The Hall–Kier alpha value is -1.98. The second-order valence-electron chi connectivity index (χ2n) is 5.69. The van der Waals surface area contributed by atoms with E-state index < -0.39 is 5.82 Å². The lowest BCUT2D eigenvalue weighted by Gasteiger charge is -2.36. The number of amides is 1. The van der Waals surface area contributed by atoms with E-state index in [1.54, 1.807) is 18.1 Å². The minimum Gasteiger partial charge on any atom is -0.495 e. The van der Waals surface area contributed by atoms with Gasteiger partial charge in [0.05, 0.1) is 23.4 Å². The molecule has 2 aromatic carbocycles. The number of carbonyl (C=O) groups is 1. The predicted octanol–water partition coefficient (Wildman–Crippen LogP) is 4.10. The number of benzene rings is 2. The van der Waals surface area contributed by atoms with Gasteiger partial charge in [0.1, 0.15) is 11.6 Å². The average Bonchev–Trinajstić information content (AvgIpc) is 2.61. The Kier molecular flexibility index (Phi) is 5.35. The van der Waals surface area contributed by atoms with Gasteiger partial charge in [0.15, 0.2) is 0 Å². The molecule has 3 rings (SSSR count). The highest BCUT2D eigenvalue weighted by Gasteiger charge is 2.27. The maximum absolute atomic E-state index is 14.0. The summed E-state index contributed by atoms with van der Waals surface area (Å²) in [6.45, 7) is 2.10. The molecule has 0 N–H and O–H groups in total. The lowest BCUT2D eigenvalue weighted by Crippen LogP contribution is -2.49. The Morgan fingerprint density at radius 2 is 1.84 bits per heavy atom. The van der Waals surface area contributed by atoms with E-state index in [0.717, 1.165) is 11.4 Å². The Morgan fingerprint density at radius 1 is 1.12 bits per heavy atom. The van der Waals surface area contributed by atoms with Crippen LogP contribution in [0.15, 0.2) is 36.4 Å². The fourth-order valence-electron chi connectivity index (χ4n) is 2.92. The summed E-state index contributed by atoms with van der Waals surface area (Å²) in [5.74, 6) is -0.265. The number of rotatable bonds is 3. The van der Waals surface area contributed by atoms with Crippen LogP contribution in [0.2, 0.25) is 10.0 Å². The van der Waals surface area contributed by atoms with Crippen LogP contribution in [0.3, 0.4) is 0 Å². The standard InChI is InChI=1S/C18H17Cl2FN2O2/c1-25-16-6-5-12(19)11-15(16)22-7-9-23(10-8-22)18(24)17-13(20)3-2-4-14(17)21/h2-6,11H,7-10H2,1H3. The maximum atomic E-state index is 14.0. The van der Waals surface area contributed by atoms with Gasteiger partial charge in [-0.15, -0.1) is 0 Å². The van der Waals surface area contributed by atoms with E-state index in [1.807, 2.05) is 12.1 Å². The molecule has 7 heteroatoms. The van der Waals surface area contributed by atoms with Gasteiger partial charge in [-0.05, 0) is 30.3 Å². The smallest absolute Gasteiger partial charge is 0.258 e. The Morgan fingerprint density at radius 3 is 2.48 bits per heavy atom. The number of hydrogen-bond acceptors (Lipinski definition) is 3. The molecule has 1 fully saturated rings. The summed E-state index contributed by atoms with van der Waals surface area (Å²) in [7, 11) is 1.60. The molecule has 0 bridgehead atoms. The van der Waals surface area contributed by atoms with Crippen molar-refractivity contribution in [3.63, 3.8) is 0 Å². The van der Waals surface area contributed by atoms with Crippen LogP contribution in [0.4, 0.5) is 10.1 Å². The predicted molar refractivity (Wildman–Crippen MR) is 97.5 cm³/mol. The SMILES string of the molecule is COc1ccc(Cl)cc1N1CCN(C(=O)c2c(F)cccc2Cl)CC1. The minimum atomic E-state index is -0.601. The summed E-state index contributed by atoms with van der Waals surface area (Å²) in [5.41, 5.74) is 0.809. The molecule has 1 aliphatic rings. The molecule has 0 unspecified atom stereocenters. The molecule has 0 atom stereocenters. The van der Waals surface area contributed by atoms with Gasteiger partial charge in [-0.2, -0.15) is 0 Å². The van der Waals surface area contributed by atoms with E-state index in [0.29, 0.717) is 31.2 Å². The van der Waals surface area contributed by atoms with Gasteiger partial charge >= 0.3 is 0 Å². The lowest BCUT2D eigenvalue weighted by atomic mass is 10.1. The second kappa shape index (κ2) is 7.50. The summed E-state index contributed by atoms with van der Waals surface area (Å²) in [5, 5.41) is 0.747. The molecule has 0 aromatic heterocycles. The number of piperazine rings is 1. The summed E-state index contributed by atoms with van der Waals surface area (Å²) in [4.78, 5) is 16.3. The molecule has 0 saturated carbocycles. The maximum Gasteiger partial charge on any atom is 0.258 e. The van der Waals surface area contributed by atoms with Crippen molar-refractivity contribution in [2.45, 2.75) is 0 Å². The number of halogens is 3. The zero-order valence-electron chi connectivity index (χ0n) is 13.6. The number of hydrogen-bond donors (Lipinski definition) is 0. The molecule has 25 heavy (non-hydrogen) atoms. The molecule has 1 saturated heterocycles. The molecule has 132 valence electrons. The highest BCUT2D eigenvalue weighted by atomic mass is 35.5. The van der Waals surface area contributed by atoms with Crippen molar-refractivity contribution in [1.82, 2.24) is 4.90 Å². The zero-order chi connectivity index (χ0) is 18.0. The van der Waals surface area contributed by atoms with E-state index >= 15 is 0 Å². The topological polar surface area (TPSA) is 32.8 Å². The van der Waals surface area contributed by atoms with E-state index in [9.17, 15) is 9.18 Å². The van der Waals surface area contributed by atoms with Gasteiger partial charge in [0, 0.05) is 31.2 Å². The molecule has 1 heterocycles. The van der Waals surface area contributed by atoms with Crippen LogP contribution in [-0.2, 0) is 0 Å². The van der Waals surface area contributed by atoms with E-state index in [4.69, 9.17) is 27.9 Å². The number of ether oxygens (including phenoxy) is 1. The fraction of sp³-hybridized carbons (Fsp3) is 0.278. The van der Waals surface area contributed by atoms with Gasteiger partial charge in [0.25, 0.3) is 5.91 Å². The highest BCUT2D eigenvalue weighted by molar-refractivity contribution is 6.33. The van der Waals surface area contributed by atoms with Crippen molar-refractivity contribution in [3.8, 4) is 5.75 Å². The van der Waals surface area contributed by atoms with E-state index in [2.05, 4.69) is 4.90 Å². The van der Waals surface area contributed by atoms with Crippen molar-refractivity contribution in [2.75, 3.05) is 38.2 Å². The van der Waals surface area contributed by atoms with Crippen LogP contribution in [-0.4, -0.2) is 44.1 Å². The van der Waals surface area contributed by atoms with Crippen LogP contribution in [0.25, 0.3) is 0 Å². The molecular weight excluding hydrogens is 366 g/mol. The molecular formula is C18H17Cl2FN2O2. The van der Waals surface area contributed by atoms with Crippen molar-refractivity contribution in [3.05, 3.63) is 57.8 Å². The number of carbonyl (C=O) groups excluding carboxylic acids is 1. The van der Waals surface area contributed by atoms with Crippen molar-refractivity contribution in [1.29, 1.82) is 0 Å². The molecule has 1 aliphatic heterocycles. The molecule has 1 amide bonds. The normalized spacial score (nSPS) is 14.6. The fourth-order valence-corrected chi connectivity index (χ4v) is 3.33. The molecule has 0 radical (unpaired) electrons. The lowest BCUT2D eigenvalue weighted by molar-refractivity contribution is 0.0742. The van der Waals surface area contributed by atoms with Crippen molar-refractivity contribution >= 4 is 34.8 Å². The quantitative estimate of drug-likeness (QED) is 0.800. The second-order valence-corrected chi connectivity index (χ2v) is 6.54. The van der Waals surface area contributed by atoms with Crippen LogP contribution in [0.1, 0.15) is 10.4 Å². The van der Waals surface area contributed by atoms with Gasteiger partial charge < -0.3 is 14.5 Å². The van der Waals surface area contributed by atoms with Crippen molar-refractivity contribution < 1.29 is 13.9 Å².